The minimum atomic E-state index is 0.916. The molecule has 0 aliphatic carbocycles. The van der Waals surface area contributed by atoms with Crippen molar-refractivity contribution in [2.75, 3.05) is 26.7 Å². The quantitative estimate of drug-likeness (QED) is 0.675. The molecule has 0 aromatic carbocycles. The maximum absolute atomic E-state index is 4.31. The second-order valence-electron chi connectivity index (χ2n) is 4.30. The maximum Gasteiger partial charge on any atom is 0.122 e. The lowest BCUT2D eigenvalue weighted by Crippen LogP contribution is -2.30. The van der Waals surface area contributed by atoms with Gasteiger partial charge in [0.1, 0.15) is 5.82 Å². The van der Waals surface area contributed by atoms with Gasteiger partial charge >= 0.3 is 0 Å². The summed E-state index contributed by atoms with van der Waals surface area (Å²) in [5.41, 5.74) is 0. The number of aromatic nitrogens is 2. The Kier molecular flexibility index (Phi) is 6.11. The van der Waals surface area contributed by atoms with E-state index in [4.69, 9.17) is 0 Å². The molecule has 16 heavy (non-hydrogen) atoms. The van der Waals surface area contributed by atoms with Crippen molar-refractivity contribution in [3.8, 4) is 0 Å². The first-order chi connectivity index (χ1) is 7.74. The molecule has 1 heterocycles. The second-order valence-corrected chi connectivity index (χ2v) is 4.30. The summed E-state index contributed by atoms with van der Waals surface area (Å²) in [6, 6.07) is 0. The third-order valence-corrected chi connectivity index (χ3v) is 2.71. The van der Waals surface area contributed by atoms with Crippen LogP contribution in [0.5, 0.6) is 0 Å². The van der Waals surface area contributed by atoms with Crippen LogP contribution < -0.4 is 5.32 Å². The van der Waals surface area contributed by atoms with E-state index >= 15 is 0 Å². The number of imidazole rings is 1. The zero-order valence-electron chi connectivity index (χ0n) is 10.7. The summed E-state index contributed by atoms with van der Waals surface area (Å²) in [5, 5.41) is 3.44. The number of likely N-dealkylation sites (N-methyl/N-ethyl adjacent to an activating group) is 1. The number of nitrogens with zero attached hydrogens (tertiary/aromatic N) is 3. The fourth-order valence-electron chi connectivity index (χ4n) is 1.57. The van der Waals surface area contributed by atoms with Gasteiger partial charge in [-0.2, -0.15) is 0 Å². The molecule has 92 valence electrons. The SMILES string of the molecule is CCCCNCCN(C)Cc1nccn1C. The fraction of sp³-hybridized carbons (Fsp3) is 0.750. The largest absolute Gasteiger partial charge is 0.337 e. The topological polar surface area (TPSA) is 33.1 Å². The molecular weight excluding hydrogens is 200 g/mol. The highest BCUT2D eigenvalue weighted by molar-refractivity contribution is 4.90. The Morgan fingerprint density at radius 3 is 2.88 bits per heavy atom. The van der Waals surface area contributed by atoms with Crippen molar-refractivity contribution in [2.45, 2.75) is 26.3 Å². The van der Waals surface area contributed by atoms with E-state index in [1.165, 1.54) is 12.8 Å². The predicted octanol–water partition coefficient (Wildman–Crippen LogP) is 1.24. The van der Waals surface area contributed by atoms with Crippen molar-refractivity contribution >= 4 is 0 Å². The molecule has 1 aromatic rings. The van der Waals surface area contributed by atoms with Crippen LogP contribution in [0.3, 0.4) is 0 Å². The lowest BCUT2D eigenvalue weighted by molar-refractivity contribution is 0.313. The van der Waals surface area contributed by atoms with Crippen molar-refractivity contribution in [3.05, 3.63) is 18.2 Å². The van der Waals surface area contributed by atoms with E-state index in [1.807, 2.05) is 19.4 Å². The lowest BCUT2D eigenvalue weighted by Gasteiger charge is -2.16. The molecule has 4 heteroatoms. The zero-order valence-corrected chi connectivity index (χ0v) is 10.7. The van der Waals surface area contributed by atoms with Gasteiger partial charge in [0.05, 0.1) is 6.54 Å². The summed E-state index contributed by atoms with van der Waals surface area (Å²) in [7, 11) is 4.17. The Morgan fingerprint density at radius 1 is 1.44 bits per heavy atom. The molecule has 4 nitrogen and oxygen atoms in total. The molecule has 0 bridgehead atoms. The smallest absolute Gasteiger partial charge is 0.122 e. The van der Waals surface area contributed by atoms with Crippen molar-refractivity contribution < 1.29 is 0 Å². The molecule has 1 rings (SSSR count). The van der Waals surface area contributed by atoms with Gasteiger partial charge in [-0.05, 0) is 20.0 Å². The van der Waals surface area contributed by atoms with Crippen LogP contribution in [-0.4, -0.2) is 41.1 Å². The van der Waals surface area contributed by atoms with Crippen molar-refractivity contribution in [2.24, 2.45) is 7.05 Å². The summed E-state index contributed by atoms with van der Waals surface area (Å²) >= 11 is 0. The van der Waals surface area contributed by atoms with Gasteiger partial charge in [-0.15, -0.1) is 0 Å². The van der Waals surface area contributed by atoms with E-state index in [2.05, 4.69) is 33.7 Å². The number of hydrogen-bond donors (Lipinski definition) is 1. The van der Waals surface area contributed by atoms with Gasteiger partial charge in [0.25, 0.3) is 0 Å². The van der Waals surface area contributed by atoms with Gasteiger partial charge in [-0.25, -0.2) is 4.98 Å². The van der Waals surface area contributed by atoms with E-state index in [9.17, 15) is 0 Å². The third kappa shape index (κ3) is 4.77. The predicted molar refractivity (Wildman–Crippen MR) is 67.3 cm³/mol. The van der Waals surface area contributed by atoms with Crippen LogP contribution in [0.15, 0.2) is 12.4 Å². The highest BCUT2D eigenvalue weighted by Crippen LogP contribution is 1.98. The number of rotatable bonds is 8. The second kappa shape index (κ2) is 7.41. The molecule has 0 fully saturated rings. The van der Waals surface area contributed by atoms with E-state index in [1.54, 1.807) is 0 Å². The van der Waals surface area contributed by atoms with Crippen LogP contribution in [0.2, 0.25) is 0 Å². The Labute approximate surface area is 98.7 Å². The molecule has 0 aliphatic heterocycles. The first-order valence-corrected chi connectivity index (χ1v) is 6.09. The molecule has 1 N–H and O–H groups in total. The van der Waals surface area contributed by atoms with Gasteiger partial charge in [-0.3, -0.25) is 4.90 Å². The van der Waals surface area contributed by atoms with Gasteiger partial charge in [-0.1, -0.05) is 13.3 Å². The van der Waals surface area contributed by atoms with E-state index in [0.717, 1.165) is 32.0 Å². The van der Waals surface area contributed by atoms with Gasteiger partial charge in [0.2, 0.25) is 0 Å². The molecule has 0 unspecified atom stereocenters. The zero-order chi connectivity index (χ0) is 11.8. The Morgan fingerprint density at radius 2 is 2.25 bits per heavy atom. The summed E-state index contributed by atoms with van der Waals surface area (Å²) in [5.74, 6) is 1.12. The van der Waals surface area contributed by atoms with Gasteiger partial charge in [0, 0.05) is 32.5 Å². The third-order valence-electron chi connectivity index (χ3n) is 2.71. The number of aryl methyl sites for hydroxylation is 1. The monoisotopic (exact) mass is 224 g/mol. The Hall–Kier alpha value is -0.870. The molecule has 0 spiro atoms. The average molecular weight is 224 g/mol. The van der Waals surface area contributed by atoms with Crippen molar-refractivity contribution in [1.82, 2.24) is 19.8 Å². The van der Waals surface area contributed by atoms with Crippen LogP contribution >= 0.6 is 0 Å². The molecule has 0 atom stereocenters. The van der Waals surface area contributed by atoms with Gasteiger partial charge < -0.3 is 9.88 Å². The Bertz CT molecular complexity index is 282. The maximum atomic E-state index is 4.31. The minimum Gasteiger partial charge on any atom is -0.337 e. The van der Waals surface area contributed by atoms with Crippen molar-refractivity contribution in [3.63, 3.8) is 0 Å². The lowest BCUT2D eigenvalue weighted by atomic mass is 10.3. The first kappa shape index (κ1) is 13.2. The van der Waals surface area contributed by atoms with Crippen LogP contribution in [0.1, 0.15) is 25.6 Å². The Balaban J connectivity index is 2.11. The molecule has 0 radical (unpaired) electrons. The molecule has 0 saturated heterocycles. The summed E-state index contributed by atoms with van der Waals surface area (Å²) in [6.45, 7) is 6.39. The molecule has 1 aromatic heterocycles. The average Bonchev–Trinajstić information content (AvgIpc) is 2.64. The standard InChI is InChI=1S/C12H24N4/c1-4-5-6-13-7-9-15(2)11-12-14-8-10-16(12)3/h8,10,13H,4-7,9,11H2,1-3H3. The molecule has 0 amide bonds. The van der Waals surface area contributed by atoms with Crippen molar-refractivity contribution in [1.29, 1.82) is 0 Å². The van der Waals surface area contributed by atoms with Crippen LogP contribution in [0.4, 0.5) is 0 Å². The summed E-state index contributed by atoms with van der Waals surface area (Å²) in [4.78, 5) is 6.61. The molecule has 0 saturated carbocycles. The van der Waals surface area contributed by atoms with Crippen LogP contribution in [-0.2, 0) is 13.6 Å². The highest BCUT2D eigenvalue weighted by Gasteiger charge is 2.03. The van der Waals surface area contributed by atoms with Gasteiger partial charge in [0.15, 0.2) is 0 Å². The number of hydrogen-bond acceptors (Lipinski definition) is 3. The van der Waals surface area contributed by atoms with E-state index in [0.29, 0.717) is 0 Å². The van der Waals surface area contributed by atoms with E-state index < -0.39 is 0 Å². The highest BCUT2D eigenvalue weighted by atomic mass is 15.2. The minimum absolute atomic E-state index is 0.916. The fourth-order valence-corrected chi connectivity index (χ4v) is 1.57. The first-order valence-electron chi connectivity index (χ1n) is 6.09. The van der Waals surface area contributed by atoms with Crippen LogP contribution in [0.25, 0.3) is 0 Å². The molecular formula is C12H24N4. The number of unbranched alkanes of at least 4 members (excludes halogenated alkanes) is 1. The summed E-state index contributed by atoms with van der Waals surface area (Å²) < 4.78 is 2.07. The number of nitrogens with one attached hydrogen (secondary N) is 1. The van der Waals surface area contributed by atoms with Crippen LogP contribution in [0, 0.1) is 0 Å². The van der Waals surface area contributed by atoms with E-state index in [-0.39, 0.29) is 0 Å². The normalized spacial score (nSPS) is 11.2. The molecule has 0 aliphatic rings. The summed E-state index contributed by atoms with van der Waals surface area (Å²) in [6.07, 6.45) is 6.37.